The summed E-state index contributed by atoms with van der Waals surface area (Å²) in [5.41, 5.74) is 4.13. The topological polar surface area (TPSA) is 54.5 Å². The van der Waals surface area contributed by atoms with Crippen LogP contribution in [0.3, 0.4) is 0 Å². The Labute approximate surface area is 172 Å². The Bertz CT molecular complexity index is 1090. The van der Waals surface area contributed by atoms with Crippen LogP contribution in [0.15, 0.2) is 71.2 Å². The zero-order valence-electron chi connectivity index (χ0n) is 15.4. The molecular weight excluding hydrogens is 384 g/mol. The summed E-state index contributed by atoms with van der Waals surface area (Å²) >= 11 is 3.39. The lowest BCUT2D eigenvalue weighted by Gasteiger charge is -2.10. The van der Waals surface area contributed by atoms with Crippen LogP contribution >= 0.6 is 23.1 Å². The van der Waals surface area contributed by atoms with Gasteiger partial charge in [-0.3, -0.25) is 4.57 Å². The summed E-state index contributed by atoms with van der Waals surface area (Å²) in [6, 6.07) is 22.5. The van der Waals surface area contributed by atoms with Crippen LogP contribution in [0.2, 0.25) is 0 Å². The maximum atomic E-state index is 8.95. The molecule has 0 unspecified atom stereocenters. The standard InChI is InChI=1S/C22H18N4S2/c1-16-4-10-19(11-5-16)26-21(13-20-3-2-12-27-20)24-25-22(26)28-15-18-8-6-17(14-23)7-9-18/h2-12H,13,15H2,1H3. The summed E-state index contributed by atoms with van der Waals surface area (Å²) in [4.78, 5) is 1.27. The molecule has 0 radical (unpaired) electrons. The van der Waals surface area contributed by atoms with E-state index in [-0.39, 0.29) is 0 Å². The number of hydrogen-bond donors (Lipinski definition) is 0. The maximum absolute atomic E-state index is 8.95. The van der Waals surface area contributed by atoms with Gasteiger partial charge < -0.3 is 0 Å². The molecule has 4 nitrogen and oxygen atoms in total. The van der Waals surface area contributed by atoms with Crippen LogP contribution in [-0.4, -0.2) is 14.8 Å². The predicted molar refractivity (Wildman–Crippen MR) is 114 cm³/mol. The summed E-state index contributed by atoms with van der Waals surface area (Å²) in [5.74, 6) is 1.71. The third-order valence-electron chi connectivity index (χ3n) is 4.36. The number of benzene rings is 2. The van der Waals surface area contributed by atoms with Crippen LogP contribution < -0.4 is 0 Å². The molecule has 28 heavy (non-hydrogen) atoms. The van der Waals surface area contributed by atoms with Gasteiger partial charge in [-0.1, -0.05) is 47.7 Å². The van der Waals surface area contributed by atoms with Crippen LogP contribution in [0.25, 0.3) is 5.69 Å². The van der Waals surface area contributed by atoms with Crippen molar-refractivity contribution in [3.63, 3.8) is 0 Å². The van der Waals surface area contributed by atoms with E-state index in [4.69, 9.17) is 5.26 Å². The molecule has 0 saturated carbocycles. The van der Waals surface area contributed by atoms with E-state index in [1.165, 1.54) is 10.4 Å². The van der Waals surface area contributed by atoms with E-state index < -0.39 is 0 Å². The Morgan fingerprint density at radius 3 is 2.50 bits per heavy atom. The van der Waals surface area contributed by atoms with E-state index in [9.17, 15) is 0 Å². The highest BCUT2D eigenvalue weighted by molar-refractivity contribution is 7.98. The smallest absolute Gasteiger partial charge is 0.196 e. The highest BCUT2D eigenvalue weighted by Gasteiger charge is 2.15. The average Bonchev–Trinajstić information content (AvgIpc) is 3.38. The second-order valence-corrected chi connectivity index (χ2v) is 8.40. The predicted octanol–water partition coefficient (Wildman–Crippen LogP) is 5.39. The molecule has 0 N–H and O–H groups in total. The van der Waals surface area contributed by atoms with Crippen LogP contribution in [0.5, 0.6) is 0 Å². The largest absolute Gasteiger partial charge is 0.274 e. The van der Waals surface area contributed by atoms with E-state index in [0.717, 1.165) is 34.4 Å². The van der Waals surface area contributed by atoms with Crippen LogP contribution in [-0.2, 0) is 12.2 Å². The SMILES string of the molecule is Cc1ccc(-n2c(Cc3cccs3)nnc2SCc2ccc(C#N)cc2)cc1. The van der Waals surface area contributed by atoms with Crippen molar-refractivity contribution < 1.29 is 0 Å². The molecule has 138 valence electrons. The lowest BCUT2D eigenvalue weighted by Crippen LogP contribution is -2.03. The number of nitriles is 1. The lowest BCUT2D eigenvalue weighted by atomic mass is 10.2. The van der Waals surface area contributed by atoms with Gasteiger partial charge in [-0.2, -0.15) is 5.26 Å². The summed E-state index contributed by atoms with van der Waals surface area (Å²) in [6.07, 6.45) is 0.760. The minimum Gasteiger partial charge on any atom is -0.274 e. The molecule has 0 amide bonds. The Morgan fingerprint density at radius 2 is 1.82 bits per heavy atom. The van der Waals surface area contributed by atoms with Crippen molar-refractivity contribution in [3.8, 4) is 11.8 Å². The zero-order valence-corrected chi connectivity index (χ0v) is 17.0. The molecule has 4 rings (SSSR count). The highest BCUT2D eigenvalue weighted by Crippen LogP contribution is 2.27. The van der Waals surface area contributed by atoms with Crippen LogP contribution in [0.4, 0.5) is 0 Å². The number of nitrogens with zero attached hydrogens (tertiary/aromatic N) is 4. The first-order valence-corrected chi connectivity index (χ1v) is 10.7. The number of thioether (sulfide) groups is 1. The fraction of sp³-hybridized carbons (Fsp3) is 0.136. The number of aromatic nitrogens is 3. The Morgan fingerprint density at radius 1 is 1.04 bits per heavy atom. The van der Waals surface area contributed by atoms with Crippen molar-refractivity contribution in [2.45, 2.75) is 24.3 Å². The maximum Gasteiger partial charge on any atom is 0.196 e. The first kappa shape index (κ1) is 18.5. The number of aryl methyl sites for hydroxylation is 1. The molecule has 0 saturated heterocycles. The van der Waals surface area contributed by atoms with Crippen molar-refractivity contribution in [2.24, 2.45) is 0 Å². The average molecular weight is 403 g/mol. The summed E-state index contributed by atoms with van der Waals surface area (Å²) in [5, 5.41) is 20.9. The van der Waals surface area contributed by atoms with Gasteiger partial charge in [0.1, 0.15) is 5.82 Å². The molecule has 2 heterocycles. The van der Waals surface area contributed by atoms with E-state index >= 15 is 0 Å². The Balaban J connectivity index is 1.63. The molecule has 0 spiro atoms. The number of thiophene rings is 1. The fourth-order valence-electron chi connectivity index (χ4n) is 2.85. The summed E-state index contributed by atoms with van der Waals surface area (Å²) in [6.45, 7) is 2.09. The third kappa shape index (κ3) is 4.16. The molecule has 4 aromatic rings. The molecule has 2 aromatic carbocycles. The van der Waals surface area contributed by atoms with Gasteiger partial charge in [-0.25, -0.2) is 0 Å². The number of rotatable bonds is 6. The quantitative estimate of drug-likeness (QED) is 0.406. The van der Waals surface area contributed by atoms with Gasteiger partial charge in [0.15, 0.2) is 5.16 Å². The van der Waals surface area contributed by atoms with E-state index in [2.05, 4.69) is 69.5 Å². The van der Waals surface area contributed by atoms with E-state index in [0.29, 0.717) is 5.56 Å². The minimum absolute atomic E-state index is 0.676. The zero-order chi connectivity index (χ0) is 19.3. The van der Waals surface area contributed by atoms with Crippen molar-refractivity contribution >= 4 is 23.1 Å². The Kier molecular flexibility index (Phi) is 5.56. The van der Waals surface area contributed by atoms with Gasteiger partial charge >= 0.3 is 0 Å². The molecule has 0 bridgehead atoms. The third-order valence-corrected chi connectivity index (χ3v) is 6.23. The molecule has 0 aliphatic rings. The van der Waals surface area contributed by atoms with Crippen LogP contribution in [0, 0.1) is 18.3 Å². The monoisotopic (exact) mass is 402 g/mol. The molecule has 2 aromatic heterocycles. The molecule has 0 fully saturated rings. The van der Waals surface area contributed by atoms with Crippen molar-refractivity contribution in [1.82, 2.24) is 14.8 Å². The number of hydrogen-bond acceptors (Lipinski definition) is 5. The molecule has 0 atom stereocenters. The van der Waals surface area contributed by atoms with Gasteiger partial charge in [0.2, 0.25) is 0 Å². The molecule has 6 heteroatoms. The van der Waals surface area contributed by atoms with Crippen LogP contribution in [0.1, 0.15) is 27.4 Å². The minimum atomic E-state index is 0.676. The summed E-state index contributed by atoms with van der Waals surface area (Å²) in [7, 11) is 0. The Hall–Kier alpha value is -2.88. The van der Waals surface area contributed by atoms with Crippen molar-refractivity contribution in [2.75, 3.05) is 0 Å². The second kappa shape index (κ2) is 8.42. The van der Waals surface area contributed by atoms with Gasteiger partial charge in [0, 0.05) is 22.7 Å². The van der Waals surface area contributed by atoms with Gasteiger partial charge in [-0.05, 0) is 48.2 Å². The second-order valence-electron chi connectivity index (χ2n) is 6.42. The highest BCUT2D eigenvalue weighted by atomic mass is 32.2. The fourth-order valence-corrected chi connectivity index (χ4v) is 4.48. The first-order chi connectivity index (χ1) is 13.7. The lowest BCUT2D eigenvalue weighted by molar-refractivity contribution is 0.850. The van der Waals surface area contributed by atoms with E-state index in [1.807, 2.05) is 24.3 Å². The first-order valence-electron chi connectivity index (χ1n) is 8.88. The molecular formula is C22H18N4S2. The normalized spacial score (nSPS) is 10.7. The van der Waals surface area contributed by atoms with Gasteiger partial charge in [-0.15, -0.1) is 21.5 Å². The van der Waals surface area contributed by atoms with Gasteiger partial charge in [0.05, 0.1) is 11.6 Å². The van der Waals surface area contributed by atoms with Crippen molar-refractivity contribution in [1.29, 1.82) is 5.26 Å². The summed E-state index contributed by atoms with van der Waals surface area (Å²) < 4.78 is 2.15. The molecule has 0 aliphatic carbocycles. The van der Waals surface area contributed by atoms with Gasteiger partial charge in [0.25, 0.3) is 0 Å². The molecule has 0 aliphatic heterocycles. The van der Waals surface area contributed by atoms with Crippen molar-refractivity contribution in [3.05, 3.63) is 93.4 Å². The van der Waals surface area contributed by atoms with E-state index in [1.54, 1.807) is 23.1 Å².